The first kappa shape index (κ1) is 18.2. The molecule has 0 radical (unpaired) electrons. The van der Waals surface area contributed by atoms with E-state index in [0.29, 0.717) is 5.69 Å². The van der Waals surface area contributed by atoms with Crippen molar-refractivity contribution in [2.45, 2.75) is 38.5 Å². The molecule has 24 heavy (non-hydrogen) atoms. The van der Waals surface area contributed by atoms with Gasteiger partial charge in [0.1, 0.15) is 10.6 Å². The molecule has 7 nitrogen and oxygen atoms in total. The minimum Gasteiger partial charge on any atom is -0.360 e. The van der Waals surface area contributed by atoms with Crippen LogP contribution >= 0.6 is 0 Å². The molecule has 130 valence electrons. The lowest BCUT2D eigenvalue weighted by Gasteiger charge is -2.10. The maximum atomic E-state index is 12.2. The van der Waals surface area contributed by atoms with Gasteiger partial charge < -0.3 is 9.84 Å². The van der Waals surface area contributed by atoms with Crippen molar-refractivity contribution in [2.75, 3.05) is 11.9 Å². The van der Waals surface area contributed by atoms with Crippen molar-refractivity contribution in [1.29, 1.82) is 0 Å². The maximum Gasteiger partial charge on any atom is 0.245 e. The molecule has 0 fully saturated rings. The van der Waals surface area contributed by atoms with Crippen LogP contribution in [0.1, 0.15) is 30.4 Å². The molecular weight excluding hydrogens is 330 g/mol. The van der Waals surface area contributed by atoms with Crippen LogP contribution < -0.4 is 10.0 Å². The maximum absolute atomic E-state index is 12.2. The lowest BCUT2D eigenvalue weighted by atomic mass is 10.1. The molecule has 1 aromatic heterocycles. The zero-order chi connectivity index (χ0) is 17.7. The van der Waals surface area contributed by atoms with E-state index < -0.39 is 10.0 Å². The molecule has 0 saturated carbocycles. The number of sulfonamides is 1. The number of para-hydroxylation sites is 1. The Morgan fingerprint density at radius 3 is 2.58 bits per heavy atom. The Balaban J connectivity index is 1.93. The fraction of sp³-hybridized carbons (Fsp3) is 0.375. The summed E-state index contributed by atoms with van der Waals surface area (Å²) in [6.07, 6.45) is 0.829. The summed E-state index contributed by atoms with van der Waals surface area (Å²) in [4.78, 5) is 12.0. The first-order valence-electron chi connectivity index (χ1n) is 7.65. The van der Waals surface area contributed by atoms with Gasteiger partial charge in [0.15, 0.2) is 5.76 Å². The van der Waals surface area contributed by atoms with Crippen LogP contribution in [-0.4, -0.2) is 26.0 Å². The van der Waals surface area contributed by atoms with Crippen molar-refractivity contribution in [1.82, 2.24) is 9.88 Å². The van der Waals surface area contributed by atoms with Crippen LogP contribution in [0.4, 0.5) is 5.69 Å². The fourth-order valence-electron chi connectivity index (χ4n) is 2.39. The molecule has 0 saturated heterocycles. The number of amides is 1. The predicted octanol–water partition coefficient (Wildman–Crippen LogP) is 2.16. The summed E-state index contributed by atoms with van der Waals surface area (Å²) in [6.45, 7) is 5.08. The van der Waals surface area contributed by atoms with Crippen molar-refractivity contribution in [3.8, 4) is 0 Å². The number of carbonyl (C=O) groups excluding carboxylic acids is 1. The van der Waals surface area contributed by atoms with Crippen molar-refractivity contribution < 1.29 is 17.7 Å². The highest BCUT2D eigenvalue weighted by Crippen LogP contribution is 2.18. The summed E-state index contributed by atoms with van der Waals surface area (Å²) in [5, 5.41) is 6.43. The van der Waals surface area contributed by atoms with Gasteiger partial charge in [-0.15, -0.1) is 0 Å². The lowest BCUT2D eigenvalue weighted by Crippen LogP contribution is -2.28. The average Bonchev–Trinajstić information content (AvgIpc) is 2.87. The van der Waals surface area contributed by atoms with Crippen LogP contribution in [0.3, 0.4) is 0 Å². The van der Waals surface area contributed by atoms with E-state index in [1.165, 1.54) is 6.92 Å². The number of nitrogens with one attached hydrogen (secondary N) is 2. The average molecular weight is 351 g/mol. The van der Waals surface area contributed by atoms with Gasteiger partial charge in [0.25, 0.3) is 0 Å². The van der Waals surface area contributed by atoms with Crippen molar-refractivity contribution in [2.24, 2.45) is 0 Å². The first-order valence-corrected chi connectivity index (χ1v) is 9.13. The van der Waals surface area contributed by atoms with Crippen LogP contribution in [0, 0.1) is 13.8 Å². The zero-order valence-corrected chi connectivity index (χ0v) is 14.7. The summed E-state index contributed by atoms with van der Waals surface area (Å²) in [7, 11) is -3.75. The smallest absolute Gasteiger partial charge is 0.245 e. The van der Waals surface area contributed by atoms with Gasteiger partial charge in [0.2, 0.25) is 15.9 Å². The number of benzene rings is 1. The van der Waals surface area contributed by atoms with E-state index in [9.17, 15) is 13.2 Å². The summed E-state index contributed by atoms with van der Waals surface area (Å²) in [5.41, 5.74) is 2.07. The standard InChI is InChI=1S/C16H21N3O4S/c1-4-13-7-5-6-8-14(13)18-15(20)9-10-17-24(21,22)16-11(2)19-23-12(16)3/h5-8,17H,4,9-10H2,1-3H3,(H,18,20). The molecule has 2 rings (SSSR count). The Hall–Kier alpha value is -2.19. The predicted molar refractivity (Wildman–Crippen MR) is 90.2 cm³/mol. The van der Waals surface area contributed by atoms with Crippen LogP contribution in [0.25, 0.3) is 0 Å². The van der Waals surface area contributed by atoms with Crippen molar-refractivity contribution in [3.05, 3.63) is 41.3 Å². The van der Waals surface area contributed by atoms with Crippen molar-refractivity contribution in [3.63, 3.8) is 0 Å². The van der Waals surface area contributed by atoms with Gasteiger partial charge in [0, 0.05) is 18.7 Å². The van der Waals surface area contributed by atoms with Crippen LogP contribution in [0.2, 0.25) is 0 Å². The molecule has 2 aromatic rings. The first-order chi connectivity index (χ1) is 11.3. The molecule has 0 unspecified atom stereocenters. The molecule has 0 aliphatic carbocycles. The Labute approximate surface area is 141 Å². The second-order valence-electron chi connectivity index (χ2n) is 5.36. The second-order valence-corrected chi connectivity index (χ2v) is 7.06. The molecule has 0 bridgehead atoms. The number of aryl methyl sites for hydroxylation is 3. The Bertz CT molecular complexity index is 808. The lowest BCUT2D eigenvalue weighted by molar-refractivity contribution is -0.116. The molecule has 1 aromatic carbocycles. The van der Waals surface area contributed by atoms with Gasteiger partial charge in [-0.1, -0.05) is 30.3 Å². The van der Waals surface area contributed by atoms with E-state index in [4.69, 9.17) is 4.52 Å². The van der Waals surface area contributed by atoms with Crippen LogP contribution in [0.5, 0.6) is 0 Å². The highest BCUT2D eigenvalue weighted by molar-refractivity contribution is 7.89. The molecule has 1 amide bonds. The molecule has 2 N–H and O–H groups in total. The zero-order valence-electron chi connectivity index (χ0n) is 13.9. The number of hydrogen-bond donors (Lipinski definition) is 2. The number of hydrogen-bond acceptors (Lipinski definition) is 5. The fourth-order valence-corrected chi connectivity index (χ4v) is 3.75. The third-order valence-corrected chi connectivity index (χ3v) is 5.26. The van der Waals surface area contributed by atoms with E-state index in [1.807, 2.05) is 31.2 Å². The molecular formula is C16H21N3O4S. The highest BCUT2D eigenvalue weighted by atomic mass is 32.2. The van der Waals surface area contributed by atoms with Crippen LogP contribution in [0.15, 0.2) is 33.7 Å². The van der Waals surface area contributed by atoms with E-state index in [2.05, 4.69) is 15.2 Å². The summed E-state index contributed by atoms with van der Waals surface area (Å²) in [5.74, 6) is -0.0290. The Morgan fingerprint density at radius 1 is 1.25 bits per heavy atom. The second kappa shape index (κ2) is 7.59. The number of rotatable bonds is 7. The largest absolute Gasteiger partial charge is 0.360 e. The monoisotopic (exact) mass is 351 g/mol. The summed E-state index contributed by atoms with van der Waals surface area (Å²) in [6, 6.07) is 7.52. The van der Waals surface area contributed by atoms with Crippen molar-refractivity contribution >= 4 is 21.6 Å². The SMILES string of the molecule is CCc1ccccc1NC(=O)CCNS(=O)(=O)c1c(C)noc1C. The normalized spacial score (nSPS) is 11.5. The quantitative estimate of drug-likeness (QED) is 0.796. The number of nitrogens with zero attached hydrogens (tertiary/aromatic N) is 1. The van der Waals surface area contributed by atoms with Gasteiger partial charge in [-0.3, -0.25) is 4.79 Å². The van der Waals surface area contributed by atoms with E-state index >= 15 is 0 Å². The van der Waals surface area contributed by atoms with Gasteiger partial charge in [-0.25, -0.2) is 13.1 Å². The van der Waals surface area contributed by atoms with Crippen LogP contribution in [-0.2, 0) is 21.2 Å². The minimum atomic E-state index is -3.75. The van der Waals surface area contributed by atoms with Gasteiger partial charge in [-0.2, -0.15) is 0 Å². The minimum absolute atomic E-state index is 0.00742. The molecule has 0 atom stereocenters. The third kappa shape index (κ3) is 4.21. The van der Waals surface area contributed by atoms with E-state index in [0.717, 1.165) is 17.7 Å². The molecule has 0 aliphatic rings. The van der Waals surface area contributed by atoms with Gasteiger partial charge in [0.05, 0.1) is 0 Å². The number of anilines is 1. The van der Waals surface area contributed by atoms with E-state index in [1.54, 1.807) is 6.92 Å². The summed E-state index contributed by atoms with van der Waals surface area (Å²) >= 11 is 0. The molecule has 8 heteroatoms. The molecule has 1 heterocycles. The number of carbonyl (C=O) groups is 1. The molecule has 0 aliphatic heterocycles. The van der Waals surface area contributed by atoms with Gasteiger partial charge in [-0.05, 0) is 31.9 Å². The molecule has 0 spiro atoms. The van der Waals surface area contributed by atoms with Gasteiger partial charge >= 0.3 is 0 Å². The Kier molecular flexibility index (Phi) is 5.74. The van der Waals surface area contributed by atoms with E-state index in [-0.39, 0.29) is 29.5 Å². The third-order valence-electron chi connectivity index (χ3n) is 3.55. The topological polar surface area (TPSA) is 101 Å². The number of aromatic nitrogens is 1. The highest BCUT2D eigenvalue weighted by Gasteiger charge is 2.23. The Morgan fingerprint density at radius 2 is 1.96 bits per heavy atom. The summed E-state index contributed by atoms with van der Waals surface area (Å²) < 4.78 is 31.7.